The Balaban J connectivity index is 1.67. The summed E-state index contributed by atoms with van der Waals surface area (Å²) in [7, 11) is 1.65. The molecule has 0 bridgehead atoms. The average Bonchev–Trinajstić information content (AvgIpc) is 2.69. The van der Waals surface area contributed by atoms with Gasteiger partial charge in [-0.25, -0.2) is 4.39 Å². The molecule has 0 aromatic heterocycles. The summed E-state index contributed by atoms with van der Waals surface area (Å²) in [5, 5.41) is 9.04. The number of amides is 1. The molecule has 6 nitrogen and oxygen atoms in total. The van der Waals surface area contributed by atoms with E-state index in [4.69, 9.17) is 4.74 Å². The van der Waals surface area contributed by atoms with Gasteiger partial charge in [-0.15, -0.1) is 0 Å². The van der Waals surface area contributed by atoms with E-state index in [1.165, 1.54) is 6.07 Å². The molecule has 2 aromatic rings. The van der Waals surface area contributed by atoms with Gasteiger partial charge in [0, 0.05) is 25.7 Å². The van der Waals surface area contributed by atoms with Gasteiger partial charge in [-0.1, -0.05) is 30.3 Å². The fourth-order valence-corrected chi connectivity index (χ4v) is 2.31. The summed E-state index contributed by atoms with van der Waals surface area (Å²) in [6.07, 6.45) is -0.252. The molecule has 0 fully saturated rings. The zero-order valence-corrected chi connectivity index (χ0v) is 15.5. The molecule has 1 unspecified atom stereocenters. The minimum atomic E-state index is -0.388. The van der Waals surface area contributed by atoms with Crippen molar-refractivity contribution in [3.8, 4) is 5.75 Å². The van der Waals surface area contributed by atoms with Crippen molar-refractivity contribution >= 4 is 11.9 Å². The number of ether oxygens (including phenoxy) is 1. The van der Waals surface area contributed by atoms with Crippen LogP contribution in [0.15, 0.2) is 59.6 Å². The molecule has 2 aromatic carbocycles. The Morgan fingerprint density at radius 1 is 1.04 bits per heavy atom. The molecule has 0 aliphatic heterocycles. The van der Waals surface area contributed by atoms with Crippen molar-refractivity contribution in [2.45, 2.75) is 13.0 Å². The maximum atomic E-state index is 13.6. The molecule has 7 heteroatoms. The number of nitrogens with one attached hydrogen (secondary N) is 3. The number of nitrogens with zero attached hydrogens (tertiary/aromatic N) is 1. The molecule has 1 amide bonds. The molecule has 0 radical (unpaired) electrons. The van der Waals surface area contributed by atoms with E-state index in [1.54, 1.807) is 37.4 Å². The third kappa shape index (κ3) is 6.97. The molecule has 3 N–H and O–H groups in total. The van der Waals surface area contributed by atoms with Crippen molar-refractivity contribution in [3.05, 3.63) is 66.0 Å². The van der Waals surface area contributed by atoms with Gasteiger partial charge in [0.15, 0.2) is 17.5 Å². The molecule has 0 heterocycles. The topological polar surface area (TPSA) is 74.8 Å². The first-order chi connectivity index (χ1) is 13.1. The number of hydrogen-bond acceptors (Lipinski definition) is 3. The van der Waals surface area contributed by atoms with Crippen LogP contribution in [0.1, 0.15) is 17.3 Å². The lowest BCUT2D eigenvalue weighted by molar-refractivity contribution is 0.0954. The molecule has 0 aliphatic carbocycles. The molecule has 1 atom stereocenters. The molecule has 2 rings (SSSR count). The molecule has 0 spiro atoms. The normalized spacial score (nSPS) is 12.2. The van der Waals surface area contributed by atoms with E-state index in [0.717, 1.165) is 0 Å². The number of carbonyl (C=O) groups excluding carboxylic acids is 1. The fraction of sp³-hybridized carbons (Fsp3) is 0.300. The molecular formula is C20H25FN4O2. The van der Waals surface area contributed by atoms with Gasteiger partial charge in [0.25, 0.3) is 5.91 Å². The number of halogens is 1. The lowest BCUT2D eigenvalue weighted by Gasteiger charge is -2.18. The van der Waals surface area contributed by atoms with E-state index in [1.807, 2.05) is 25.1 Å². The van der Waals surface area contributed by atoms with Crippen LogP contribution in [-0.2, 0) is 0 Å². The number of para-hydroxylation sites is 1. The van der Waals surface area contributed by atoms with Crippen LogP contribution in [0.5, 0.6) is 5.75 Å². The first kappa shape index (κ1) is 20.2. The first-order valence-corrected chi connectivity index (χ1v) is 8.79. The number of guanidine groups is 1. The second kappa shape index (κ2) is 10.8. The number of aliphatic imine (C=N–C) groups is 1. The Labute approximate surface area is 158 Å². The van der Waals surface area contributed by atoms with Crippen LogP contribution < -0.4 is 20.7 Å². The predicted molar refractivity (Wildman–Crippen MR) is 105 cm³/mol. The van der Waals surface area contributed by atoms with Crippen molar-refractivity contribution in [1.82, 2.24) is 16.0 Å². The second-order valence-corrected chi connectivity index (χ2v) is 5.86. The van der Waals surface area contributed by atoms with Gasteiger partial charge >= 0.3 is 0 Å². The van der Waals surface area contributed by atoms with Crippen LogP contribution in [0.4, 0.5) is 4.39 Å². The molecular weight excluding hydrogens is 347 g/mol. The van der Waals surface area contributed by atoms with E-state index >= 15 is 0 Å². The van der Waals surface area contributed by atoms with E-state index in [2.05, 4.69) is 20.9 Å². The highest BCUT2D eigenvalue weighted by Crippen LogP contribution is 2.16. The lowest BCUT2D eigenvalue weighted by Crippen LogP contribution is -2.44. The standard InChI is InChI=1S/C20H25FN4O2/c1-15(27-18-11-7-6-10-17(18)21)14-25-20(22-2)24-13-12-23-19(26)16-8-4-3-5-9-16/h3-11,15H,12-14H2,1-2H3,(H,23,26)(H2,22,24,25). The van der Waals surface area contributed by atoms with Crippen molar-refractivity contribution < 1.29 is 13.9 Å². The first-order valence-electron chi connectivity index (χ1n) is 8.79. The maximum Gasteiger partial charge on any atom is 0.251 e. The Bertz CT molecular complexity index is 753. The number of benzene rings is 2. The lowest BCUT2D eigenvalue weighted by atomic mass is 10.2. The average molecular weight is 372 g/mol. The Kier molecular flexibility index (Phi) is 8.09. The van der Waals surface area contributed by atoms with Gasteiger partial charge in [-0.05, 0) is 31.2 Å². The highest BCUT2D eigenvalue weighted by molar-refractivity contribution is 5.94. The van der Waals surface area contributed by atoms with E-state index in [-0.39, 0.29) is 23.6 Å². The van der Waals surface area contributed by atoms with Crippen LogP contribution >= 0.6 is 0 Å². The molecule has 0 saturated heterocycles. The van der Waals surface area contributed by atoms with Gasteiger partial charge in [0.1, 0.15) is 6.10 Å². The molecule has 144 valence electrons. The van der Waals surface area contributed by atoms with Crippen LogP contribution in [0.25, 0.3) is 0 Å². The largest absolute Gasteiger partial charge is 0.486 e. The number of rotatable bonds is 8. The Morgan fingerprint density at radius 2 is 1.70 bits per heavy atom. The molecule has 0 aliphatic rings. The van der Waals surface area contributed by atoms with Crippen LogP contribution in [0, 0.1) is 5.82 Å². The van der Waals surface area contributed by atoms with E-state index in [0.29, 0.717) is 31.2 Å². The van der Waals surface area contributed by atoms with Gasteiger partial charge in [-0.2, -0.15) is 0 Å². The summed E-state index contributed by atoms with van der Waals surface area (Å²) in [4.78, 5) is 16.1. The summed E-state index contributed by atoms with van der Waals surface area (Å²) in [5.74, 6) is 0.291. The van der Waals surface area contributed by atoms with E-state index in [9.17, 15) is 9.18 Å². The number of hydrogen-bond donors (Lipinski definition) is 3. The summed E-state index contributed by atoms with van der Waals surface area (Å²) in [5.41, 5.74) is 0.624. The van der Waals surface area contributed by atoms with Gasteiger partial charge < -0.3 is 20.7 Å². The van der Waals surface area contributed by atoms with Crippen molar-refractivity contribution in [3.63, 3.8) is 0 Å². The monoisotopic (exact) mass is 372 g/mol. The highest BCUT2D eigenvalue weighted by atomic mass is 19.1. The second-order valence-electron chi connectivity index (χ2n) is 5.86. The third-order valence-corrected chi connectivity index (χ3v) is 3.68. The quantitative estimate of drug-likeness (QED) is 0.377. The van der Waals surface area contributed by atoms with Crippen molar-refractivity contribution in [2.75, 3.05) is 26.7 Å². The van der Waals surface area contributed by atoms with E-state index < -0.39 is 0 Å². The maximum absolute atomic E-state index is 13.6. The highest BCUT2D eigenvalue weighted by Gasteiger charge is 2.09. The minimum Gasteiger partial charge on any atom is -0.486 e. The third-order valence-electron chi connectivity index (χ3n) is 3.68. The van der Waals surface area contributed by atoms with Crippen LogP contribution in [0.3, 0.4) is 0 Å². The Hall–Kier alpha value is -3.09. The summed E-state index contributed by atoms with van der Waals surface area (Å²) >= 11 is 0. The number of carbonyl (C=O) groups is 1. The summed E-state index contributed by atoms with van der Waals surface area (Å²) < 4.78 is 19.2. The van der Waals surface area contributed by atoms with Crippen LogP contribution in [-0.4, -0.2) is 44.7 Å². The smallest absolute Gasteiger partial charge is 0.251 e. The summed E-state index contributed by atoms with van der Waals surface area (Å²) in [6.45, 7) is 3.26. The Morgan fingerprint density at radius 3 is 2.41 bits per heavy atom. The molecule has 27 heavy (non-hydrogen) atoms. The SMILES string of the molecule is CN=C(NCCNC(=O)c1ccccc1)NCC(C)Oc1ccccc1F. The van der Waals surface area contributed by atoms with Crippen LogP contribution in [0.2, 0.25) is 0 Å². The predicted octanol–water partition coefficient (Wildman–Crippen LogP) is 2.19. The minimum absolute atomic E-state index is 0.118. The van der Waals surface area contributed by atoms with Crippen molar-refractivity contribution in [1.29, 1.82) is 0 Å². The zero-order chi connectivity index (χ0) is 19.5. The van der Waals surface area contributed by atoms with Crippen molar-refractivity contribution in [2.24, 2.45) is 4.99 Å². The molecule has 0 saturated carbocycles. The zero-order valence-electron chi connectivity index (χ0n) is 15.5. The van der Waals surface area contributed by atoms with Gasteiger partial charge in [0.05, 0.1) is 6.54 Å². The summed E-state index contributed by atoms with van der Waals surface area (Å²) in [6, 6.07) is 15.3. The van der Waals surface area contributed by atoms with Gasteiger partial charge in [0.2, 0.25) is 0 Å². The fourth-order valence-electron chi connectivity index (χ4n) is 2.31. The van der Waals surface area contributed by atoms with Gasteiger partial charge in [-0.3, -0.25) is 9.79 Å².